The van der Waals surface area contributed by atoms with E-state index in [0.29, 0.717) is 0 Å². The molecule has 26 heavy (non-hydrogen) atoms. The third-order valence-electron chi connectivity index (χ3n) is 3.84. The first-order valence-electron chi connectivity index (χ1n) is 7.93. The second kappa shape index (κ2) is 8.25. The van der Waals surface area contributed by atoms with E-state index in [1.54, 1.807) is 23.5 Å². The Morgan fingerprint density at radius 2 is 1.38 bits per heavy atom. The number of rotatable bonds is 3. The van der Waals surface area contributed by atoms with Crippen LogP contribution in [0.3, 0.4) is 0 Å². The molecule has 0 aliphatic carbocycles. The van der Waals surface area contributed by atoms with Crippen LogP contribution in [0, 0.1) is 5.82 Å². The van der Waals surface area contributed by atoms with Crippen molar-refractivity contribution in [2.75, 3.05) is 0 Å². The monoisotopic (exact) mass is 426 g/mol. The third kappa shape index (κ3) is 3.84. The molecule has 0 saturated carbocycles. The molecule has 5 heteroatoms. The van der Waals surface area contributed by atoms with Crippen molar-refractivity contribution in [1.29, 1.82) is 0 Å². The molecule has 4 aromatic rings. The summed E-state index contributed by atoms with van der Waals surface area (Å²) >= 11 is 1.57. The smallest absolute Gasteiger partial charge is 0.195 e. The minimum Gasteiger partial charge on any atom is -0.285 e. The van der Waals surface area contributed by atoms with E-state index in [1.165, 1.54) is 12.1 Å². The normalized spacial score (nSPS) is 11.2. The van der Waals surface area contributed by atoms with Crippen LogP contribution in [-0.2, 0) is 0 Å². The van der Waals surface area contributed by atoms with Crippen molar-refractivity contribution in [3.05, 3.63) is 101 Å². The minimum absolute atomic E-state index is 0. The van der Waals surface area contributed by atoms with Crippen molar-refractivity contribution in [3.8, 4) is 16.9 Å². The van der Waals surface area contributed by atoms with Crippen LogP contribution in [0.15, 0.2) is 95.3 Å². The highest BCUT2D eigenvalue weighted by Gasteiger charge is 2.09. The summed E-state index contributed by atoms with van der Waals surface area (Å²) in [6.45, 7) is 0. The van der Waals surface area contributed by atoms with Gasteiger partial charge in [0.2, 0.25) is 0 Å². The summed E-state index contributed by atoms with van der Waals surface area (Å²) in [5.74, 6) is -0.258. The van der Waals surface area contributed by atoms with Crippen LogP contribution in [-0.4, -0.2) is 4.57 Å². The Balaban J connectivity index is 0.00000196. The van der Waals surface area contributed by atoms with Crippen molar-refractivity contribution in [1.82, 2.24) is 4.57 Å². The van der Waals surface area contributed by atoms with Gasteiger partial charge in [0.25, 0.3) is 0 Å². The van der Waals surface area contributed by atoms with Gasteiger partial charge >= 0.3 is 0 Å². The zero-order chi connectivity index (χ0) is 17.1. The van der Waals surface area contributed by atoms with Gasteiger partial charge in [-0.15, -0.1) is 28.3 Å². The van der Waals surface area contributed by atoms with Gasteiger partial charge in [-0.1, -0.05) is 48.5 Å². The number of hydrogen-bond acceptors (Lipinski definition) is 2. The number of hydrogen-bond donors (Lipinski definition) is 0. The summed E-state index contributed by atoms with van der Waals surface area (Å²) in [5, 5.41) is 2.10. The molecule has 0 atom stereocenters. The van der Waals surface area contributed by atoms with Gasteiger partial charge in [-0.05, 0) is 42.0 Å². The Morgan fingerprint density at radius 1 is 0.769 bits per heavy atom. The molecule has 0 saturated heterocycles. The molecule has 0 spiro atoms. The fourth-order valence-corrected chi connectivity index (χ4v) is 3.58. The first-order chi connectivity index (χ1) is 12.3. The Bertz CT molecular complexity index is 1040. The highest BCUT2D eigenvalue weighted by molar-refractivity contribution is 8.93. The molecular formula is C21H16BrFN2S. The lowest BCUT2D eigenvalue weighted by Gasteiger charge is -2.09. The summed E-state index contributed by atoms with van der Waals surface area (Å²) < 4.78 is 15.3. The molecular weight excluding hydrogens is 411 g/mol. The molecule has 2 nitrogen and oxygen atoms in total. The lowest BCUT2D eigenvalue weighted by molar-refractivity contribution is 0.628. The number of thiazole rings is 1. The zero-order valence-electron chi connectivity index (χ0n) is 13.7. The molecule has 130 valence electrons. The predicted molar refractivity (Wildman–Crippen MR) is 111 cm³/mol. The van der Waals surface area contributed by atoms with Crippen LogP contribution in [0.1, 0.15) is 0 Å². The Hall–Kier alpha value is -2.50. The minimum atomic E-state index is -0.258. The van der Waals surface area contributed by atoms with E-state index in [1.807, 2.05) is 36.4 Å². The number of nitrogens with zero attached hydrogens (tertiary/aromatic N) is 2. The number of aromatic nitrogens is 1. The van der Waals surface area contributed by atoms with Gasteiger partial charge in [0.05, 0.1) is 11.4 Å². The van der Waals surface area contributed by atoms with Crippen LogP contribution in [0.2, 0.25) is 0 Å². The van der Waals surface area contributed by atoms with Crippen LogP contribution in [0.4, 0.5) is 10.1 Å². The largest absolute Gasteiger partial charge is 0.285 e. The second-order valence-electron chi connectivity index (χ2n) is 5.53. The zero-order valence-corrected chi connectivity index (χ0v) is 16.3. The molecule has 3 aromatic carbocycles. The van der Waals surface area contributed by atoms with Crippen LogP contribution in [0.5, 0.6) is 0 Å². The fraction of sp³-hybridized carbons (Fsp3) is 0. The maximum Gasteiger partial charge on any atom is 0.195 e. The first-order valence-corrected chi connectivity index (χ1v) is 8.81. The Kier molecular flexibility index (Phi) is 5.81. The molecule has 1 heterocycles. The Morgan fingerprint density at radius 3 is 2.04 bits per heavy atom. The third-order valence-corrected chi connectivity index (χ3v) is 4.67. The summed E-state index contributed by atoms with van der Waals surface area (Å²) in [4.78, 5) is 5.56. The van der Waals surface area contributed by atoms with E-state index in [2.05, 4.69) is 34.2 Å². The quantitative estimate of drug-likeness (QED) is 0.373. The molecule has 0 amide bonds. The van der Waals surface area contributed by atoms with E-state index in [9.17, 15) is 4.39 Å². The van der Waals surface area contributed by atoms with Crippen molar-refractivity contribution >= 4 is 34.0 Å². The molecule has 0 unspecified atom stereocenters. The van der Waals surface area contributed by atoms with Crippen molar-refractivity contribution in [2.45, 2.75) is 0 Å². The van der Waals surface area contributed by atoms with Gasteiger partial charge in [-0.3, -0.25) is 4.57 Å². The average molecular weight is 427 g/mol. The van der Waals surface area contributed by atoms with Gasteiger partial charge < -0.3 is 0 Å². The topological polar surface area (TPSA) is 17.3 Å². The summed E-state index contributed by atoms with van der Waals surface area (Å²) in [6, 6.07) is 26.6. The molecule has 0 fully saturated rings. The highest BCUT2D eigenvalue weighted by atomic mass is 79.9. The summed E-state index contributed by atoms with van der Waals surface area (Å²) in [5.41, 5.74) is 3.98. The first kappa shape index (κ1) is 18.3. The summed E-state index contributed by atoms with van der Waals surface area (Å²) in [7, 11) is 0. The molecule has 0 aliphatic rings. The highest BCUT2D eigenvalue weighted by Crippen LogP contribution is 2.24. The molecule has 0 aliphatic heterocycles. The number of benzene rings is 3. The van der Waals surface area contributed by atoms with Gasteiger partial charge in [0.1, 0.15) is 5.82 Å². The average Bonchev–Trinajstić information content (AvgIpc) is 3.08. The van der Waals surface area contributed by atoms with E-state index in [0.717, 1.165) is 27.4 Å². The molecule has 0 bridgehead atoms. The van der Waals surface area contributed by atoms with E-state index in [4.69, 9.17) is 4.99 Å². The van der Waals surface area contributed by atoms with Crippen molar-refractivity contribution in [2.24, 2.45) is 4.99 Å². The van der Waals surface area contributed by atoms with Crippen LogP contribution in [0.25, 0.3) is 16.9 Å². The molecule has 0 N–H and O–H groups in total. The fourth-order valence-electron chi connectivity index (χ4n) is 2.65. The van der Waals surface area contributed by atoms with Gasteiger partial charge in [0, 0.05) is 11.1 Å². The lowest BCUT2D eigenvalue weighted by atomic mass is 10.1. The predicted octanol–water partition coefficient (Wildman–Crippen LogP) is 6.16. The molecule has 4 rings (SSSR count). The number of para-hydroxylation sites is 1. The molecule has 1 aromatic heterocycles. The van der Waals surface area contributed by atoms with Crippen molar-refractivity contribution < 1.29 is 4.39 Å². The van der Waals surface area contributed by atoms with Gasteiger partial charge in [0.15, 0.2) is 4.80 Å². The van der Waals surface area contributed by atoms with Gasteiger partial charge in [-0.25, -0.2) is 9.38 Å². The van der Waals surface area contributed by atoms with Crippen LogP contribution < -0.4 is 4.80 Å². The van der Waals surface area contributed by atoms with Gasteiger partial charge in [-0.2, -0.15) is 0 Å². The lowest BCUT2D eigenvalue weighted by Crippen LogP contribution is -2.13. The molecule has 0 radical (unpaired) electrons. The SMILES string of the molecule is Br.Fc1ccc(N=c2scc(-c3ccccc3)n2-c2ccccc2)cc1. The Labute approximate surface area is 165 Å². The summed E-state index contributed by atoms with van der Waals surface area (Å²) in [6.07, 6.45) is 0. The second-order valence-corrected chi connectivity index (χ2v) is 6.37. The number of halogens is 2. The standard InChI is InChI=1S/C21H15FN2S.BrH/c22-17-11-13-18(14-12-17)23-21-24(19-9-5-2-6-10-19)20(15-25-21)16-7-3-1-4-8-16;/h1-15H;1H. The van der Waals surface area contributed by atoms with E-state index in [-0.39, 0.29) is 22.8 Å². The van der Waals surface area contributed by atoms with E-state index < -0.39 is 0 Å². The maximum atomic E-state index is 13.2. The van der Waals surface area contributed by atoms with Crippen LogP contribution >= 0.6 is 28.3 Å². The van der Waals surface area contributed by atoms with E-state index >= 15 is 0 Å². The maximum absolute atomic E-state index is 13.2. The van der Waals surface area contributed by atoms with Crippen molar-refractivity contribution in [3.63, 3.8) is 0 Å².